The van der Waals surface area contributed by atoms with Crippen LogP contribution in [0.2, 0.25) is 0 Å². The van der Waals surface area contributed by atoms with Gasteiger partial charge in [0.2, 0.25) is 0 Å². The van der Waals surface area contributed by atoms with Crippen LogP contribution in [0.3, 0.4) is 0 Å². The van der Waals surface area contributed by atoms with Crippen molar-refractivity contribution in [3.63, 3.8) is 0 Å². The van der Waals surface area contributed by atoms with Crippen molar-refractivity contribution in [1.29, 1.82) is 0 Å². The Bertz CT molecular complexity index is 56.0. The van der Waals surface area contributed by atoms with E-state index < -0.39 is 10.2 Å². The molecule has 1 N–H and O–H groups in total. The highest BCUT2D eigenvalue weighted by molar-refractivity contribution is 8.30. The maximum absolute atomic E-state index is 3.45. The van der Waals surface area contributed by atoms with Gasteiger partial charge in [0.25, 0.3) is 0 Å². The Balaban J connectivity index is 3.11. The SMILES string of the molecule is CCCNS(C)(C)C. The molecule has 0 rings (SSSR count). The van der Waals surface area contributed by atoms with Crippen molar-refractivity contribution >= 4 is 10.2 Å². The van der Waals surface area contributed by atoms with Gasteiger partial charge >= 0.3 is 0 Å². The smallest absolute Gasteiger partial charge is 0.00407 e. The minimum Gasteiger partial charge on any atom is -0.281 e. The molecule has 52 valence electrons. The standard InChI is InChI=1S/C6H17NS/c1-5-6-7-8(2,3)4/h7H,5-6H2,1-4H3. The Kier molecular flexibility index (Phi) is 3.49. The minimum absolute atomic E-state index is 0.436. The number of nitrogens with one attached hydrogen (secondary N) is 1. The lowest BCUT2D eigenvalue weighted by Crippen LogP contribution is -2.17. The normalized spacial score (nSPS) is 14.0. The van der Waals surface area contributed by atoms with Gasteiger partial charge in [0.15, 0.2) is 0 Å². The lowest BCUT2D eigenvalue weighted by atomic mass is 10.5. The third-order valence-corrected chi connectivity index (χ3v) is 1.86. The first kappa shape index (κ1) is 8.31. The lowest BCUT2D eigenvalue weighted by Gasteiger charge is -2.26. The molecule has 0 spiro atoms. The van der Waals surface area contributed by atoms with E-state index in [2.05, 4.69) is 30.4 Å². The van der Waals surface area contributed by atoms with Crippen LogP contribution in [-0.4, -0.2) is 25.3 Å². The molecule has 0 saturated heterocycles. The van der Waals surface area contributed by atoms with E-state index in [0.29, 0.717) is 0 Å². The average molecular weight is 135 g/mol. The van der Waals surface area contributed by atoms with Gasteiger partial charge in [-0.15, -0.1) is 0 Å². The summed E-state index contributed by atoms with van der Waals surface area (Å²) < 4.78 is 3.45. The Morgan fingerprint density at radius 1 is 1.25 bits per heavy atom. The van der Waals surface area contributed by atoms with E-state index in [4.69, 9.17) is 0 Å². The molecule has 0 aromatic carbocycles. The molecule has 0 aromatic heterocycles. The summed E-state index contributed by atoms with van der Waals surface area (Å²) in [4.78, 5) is 0. The zero-order valence-electron chi connectivity index (χ0n) is 6.32. The summed E-state index contributed by atoms with van der Waals surface area (Å²) in [7, 11) is -0.436. The Hall–Kier alpha value is 0.310. The van der Waals surface area contributed by atoms with Crippen LogP contribution in [0.15, 0.2) is 0 Å². The van der Waals surface area contributed by atoms with E-state index >= 15 is 0 Å². The summed E-state index contributed by atoms with van der Waals surface area (Å²) in [6, 6.07) is 0. The van der Waals surface area contributed by atoms with E-state index in [-0.39, 0.29) is 0 Å². The highest BCUT2D eigenvalue weighted by Gasteiger charge is 1.98. The second-order valence-electron chi connectivity index (χ2n) is 2.73. The first-order chi connectivity index (χ1) is 3.56. The number of hydrogen-bond acceptors (Lipinski definition) is 1. The summed E-state index contributed by atoms with van der Waals surface area (Å²) in [5.74, 6) is 0. The molecule has 0 aliphatic rings. The fourth-order valence-corrected chi connectivity index (χ4v) is 1.22. The maximum Gasteiger partial charge on any atom is 0.00407 e. The highest BCUT2D eigenvalue weighted by atomic mass is 32.3. The maximum atomic E-state index is 3.45. The minimum atomic E-state index is -0.436. The molecule has 0 fully saturated rings. The van der Waals surface area contributed by atoms with Gasteiger partial charge in [0, 0.05) is 6.54 Å². The molecule has 0 aliphatic carbocycles. The van der Waals surface area contributed by atoms with Crippen LogP contribution in [0.25, 0.3) is 0 Å². The summed E-state index contributed by atoms with van der Waals surface area (Å²) in [5, 5.41) is 0. The van der Waals surface area contributed by atoms with Crippen molar-refractivity contribution in [2.75, 3.05) is 25.3 Å². The predicted molar refractivity (Wildman–Crippen MR) is 43.7 cm³/mol. The average Bonchev–Trinajstić information content (AvgIpc) is 1.59. The first-order valence-electron chi connectivity index (χ1n) is 2.99. The fraction of sp³-hybridized carbons (Fsp3) is 1.00. The quantitative estimate of drug-likeness (QED) is 0.620. The van der Waals surface area contributed by atoms with E-state index in [1.165, 1.54) is 13.0 Å². The Morgan fingerprint density at radius 3 is 1.88 bits per heavy atom. The summed E-state index contributed by atoms with van der Waals surface area (Å²) in [6.07, 6.45) is 8.04. The van der Waals surface area contributed by atoms with Crippen LogP contribution in [0.4, 0.5) is 0 Å². The van der Waals surface area contributed by atoms with Crippen molar-refractivity contribution in [1.82, 2.24) is 4.72 Å². The monoisotopic (exact) mass is 135 g/mol. The second kappa shape index (κ2) is 3.36. The second-order valence-corrected chi connectivity index (χ2v) is 6.69. The molecule has 2 heteroatoms. The van der Waals surface area contributed by atoms with Crippen molar-refractivity contribution < 1.29 is 0 Å². The van der Waals surface area contributed by atoms with Gasteiger partial charge in [0.05, 0.1) is 0 Å². The van der Waals surface area contributed by atoms with Gasteiger partial charge in [-0.05, 0) is 25.2 Å². The van der Waals surface area contributed by atoms with E-state index in [9.17, 15) is 0 Å². The van der Waals surface area contributed by atoms with Gasteiger partial charge in [-0.25, -0.2) is 0 Å². The number of rotatable bonds is 3. The fourth-order valence-electron chi connectivity index (χ4n) is 0.408. The van der Waals surface area contributed by atoms with Crippen molar-refractivity contribution in [3.05, 3.63) is 0 Å². The molecule has 0 saturated carbocycles. The molecule has 8 heavy (non-hydrogen) atoms. The molecule has 0 bridgehead atoms. The number of hydrogen-bond donors (Lipinski definition) is 1. The molecule has 0 radical (unpaired) electrons. The van der Waals surface area contributed by atoms with Crippen molar-refractivity contribution in [2.24, 2.45) is 0 Å². The Labute approximate surface area is 54.3 Å². The molecule has 1 nitrogen and oxygen atoms in total. The van der Waals surface area contributed by atoms with Crippen LogP contribution >= 0.6 is 10.2 Å². The Morgan fingerprint density at radius 2 is 1.75 bits per heavy atom. The molecule has 0 aromatic rings. The molecule has 0 atom stereocenters. The van der Waals surface area contributed by atoms with Gasteiger partial charge < -0.3 is 0 Å². The van der Waals surface area contributed by atoms with Crippen LogP contribution < -0.4 is 4.72 Å². The van der Waals surface area contributed by atoms with Gasteiger partial charge in [-0.2, -0.15) is 10.2 Å². The zero-order valence-corrected chi connectivity index (χ0v) is 7.14. The molecule has 0 aliphatic heterocycles. The van der Waals surface area contributed by atoms with Crippen LogP contribution in [0, 0.1) is 0 Å². The van der Waals surface area contributed by atoms with E-state index in [1.807, 2.05) is 0 Å². The van der Waals surface area contributed by atoms with Crippen LogP contribution in [-0.2, 0) is 0 Å². The van der Waals surface area contributed by atoms with Gasteiger partial charge in [-0.1, -0.05) is 6.92 Å². The molecule has 0 unspecified atom stereocenters. The molecule has 0 amide bonds. The molecular formula is C6H17NS. The zero-order chi connectivity index (χ0) is 6.62. The summed E-state index contributed by atoms with van der Waals surface area (Å²) in [5.41, 5.74) is 0. The predicted octanol–water partition coefficient (Wildman–Crippen LogP) is 1.59. The van der Waals surface area contributed by atoms with Crippen LogP contribution in [0.5, 0.6) is 0 Å². The van der Waals surface area contributed by atoms with Gasteiger partial charge in [-0.3, -0.25) is 4.72 Å². The van der Waals surface area contributed by atoms with E-state index in [1.54, 1.807) is 0 Å². The summed E-state index contributed by atoms with van der Waals surface area (Å²) in [6.45, 7) is 3.36. The van der Waals surface area contributed by atoms with Crippen LogP contribution in [0.1, 0.15) is 13.3 Å². The topological polar surface area (TPSA) is 12.0 Å². The lowest BCUT2D eigenvalue weighted by molar-refractivity contribution is 0.871. The largest absolute Gasteiger partial charge is 0.281 e. The third-order valence-electron chi connectivity index (χ3n) is 0.785. The summed E-state index contributed by atoms with van der Waals surface area (Å²) >= 11 is 0. The molecular weight excluding hydrogens is 118 g/mol. The van der Waals surface area contributed by atoms with Crippen molar-refractivity contribution in [3.8, 4) is 0 Å². The molecule has 0 heterocycles. The first-order valence-corrected chi connectivity index (χ1v) is 5.85. The third kappa shape index (κ3) is 6.31. The van der Waals surface area contributed by atoms with Gasteiger partial charge in [0.1, 0.15) is 0 Å². The van der Waals surface area contributed by atoms with E-state index in [0.717, 1.165) is 0 Å². The highest BCUT2D eigenvalue weighted by Crippen LogP contribution is 2.27. The van der Waals surface area contributed by atoms with Crippen molar-refractivity contribution in [2.45, 2.75) is 13.3 Å².